The predicted octanol–water partition coefficient (Wildman–Crippen LogP) is 1.49. The Bertz CT molecular complexity index is 975. The quantitative estimate of drug-likeness (QED) is 0.740. The van der Waals surface area contributed by atoms with Gasteiger partial charge >= 0.3 is 12.1 Å². The van der Waals surface area contributed by atoms with Gasteiger partial charge in [-0.15, -0.1) is 5.10 Å². The van der Waals surface area contributed by atoms with E-state index in [0.717, 1.165) is 4.90 Å². The monoisotopic (exact) mass is 413 g/mol. The summed E-state index contributed by atoms with van der Waals surface area (Å²) in [6, 6.07) is 6.36. The lowest BCUT2D eigenvalue weighted by atomic mass is 9.87. The molecule has 2 aromatic rings. The van der Waals surface area contributed by atoms with E-state index in [1.54, 1.807) is 49.9 Å². The molecule has 1 spiro atoms. The van der Waals surface area contributed by atoms with Crippen LogP contribution in [0.15, 0.2) is 30.6 Å². The first-order valence-corrected chi connectivity index (χ1v) is 9.67. The summed E-state index contributed by atoms with van der Waals surface area (Å²) in [5, 5.41) is 13.9. The van der Waals surface area contributed by atoms with Crippen molar-refractivity contribution in [2.24, 2.45) is 0 Å². The van der Waals surface area contributed by atoms with Gasteiger partial charge in [0.05, 0.1) is 11.4 Å². The summed E-state index contributed by atoms with van der Waals surface area (Å²) < 4.78 is 6.84. The van der Waals surface area contributed by atoms with Crippen LogP contribution in [0.25, 0.3) is 5.69 Å². The zero-order chi connectivity index (χ0) is 21.5. The lowest BCUT2D eigenvalue weighted by Gasteiger charge is -2.37. The molecule has 1 aromatic heterocycles. The van der Waals surface area contributed by atoms with Crippen LogP contribution in [0.4, 0.5) is 15.3 Å². The zero-order valence-electron chi connectivity index (χ0n) is 17.0. The van der Waals surface area contributed by atoms with Crippen molar-refractivity contribution in [1.29, 1.82) is 0 Å². The number of benzene rings is 1. The molecule has 11 heteroatoms. The fourth-order valence-electron chi connectivity index (χ4n) is 3.65. The molecular formula is C19H23N7O4. The molecule has 0 radical (unpaired) electrons. The van der Waals surface area contributed by atoms with Gasteiger partial charge in [-0.05, 0) is 62.2 Å². The van der Waals surface area contributed by atoms with Gasteiger partial charge in [-0.3, -0.25) is 4.79 Å². The van der Waals surface area contributed by atoms with E-state index in [1.165, 1.54) is 11.0 Å². The van der Waals surface area contributed by atoms with Crippen molar-refractivity contribution in [2.75, 3.05) is 18.0 Å². The van der Waals surface area contributed by atoms with E-state index in [2.05, 4.69) is 20.8 Å². The van der Waals surface area contributed by atoms with Crippen LogP contribution in [-0.4, -0.2) is 67.4 Å². The highest BCUT2D eigenvalue weighted by Crippen LogP contribution is 2.33. The van der Waals surface area contributed by atoms with Gasteiger partial charge < -0.3 is 15.0 Å². The number of hydrogen-bond donors (Lipinski definition) is 1. The van der Waals surface area contributed by atoms with Crippen LogP contribution < -0.4 is 10.2 Å². The third kappa shape index (κ3) is 3.58. The highest BCUT2D eigenvalue weighted by molar-refractivity contribution is 6.23. The van der Waals surface area contributed by atoms with E-state index < -0.39 is 23.3 Å². The minimum Gasteiger partial charge on any atom is -0.444 e. The molecule has 2 aliphatic rings. The van der Waals surface area contributed by atoms with E-state index in [-0.39, 0.29) is 5.91 Å². The van der Waals surface area contributed by atoms with Crippen LogP contribution in [-0.2, 0) is 9.53 Å². The van der Waals surface area contributed by atoms with Gasteiger partial charge in [0.15, 0.2) is 0 Å². The second kappa shape index (κ2) is 7.08. The van der Waals surface area contributed by atoms with Gasteiger partial charge in [-0.2, -0.15) is 0 Å². The second-order valence-electron chi connectivity index (χ2n) is 8.39. The minimum atomic E-state index is -1.03. The summed E-state index contributed by atoms with van der Waals surface area (Å²) in [4.78, 5) is 41.0. The first kappa shape index (κ1) is 19.8. The zero-order valence-corrected chi connectivity index (χ0v) is 17.0. The maximum absolute atomic E-state index is 13.3. The molecule has 30 heavy (non-hydrogen) atoms. The largest absolute Gasteiger partial charge is 0.444 e. The number of imide groups is 1. The van der Waals surface area contributed by atoms with Crippen molar-refractivity contribution in [2.45, 2.75) is 44.8 Å². The normalized spacial score (nSPS) is 18.6. The Morgan fingerprint density at radius 3 is 2.50 bits per heavy atom. The van der Waals surface area contributed by atoms with Crippen molar-refractivity contribution in [1.82, 2.24) is 30.4 Å². The summed E-state index contributed by atoms with van der Waals surface area (Å²) in [5.74, 6) is -0.329. The van der Waals surface area contributed by atoms with Crippen LogP contribution in [0.2, 0.25) is 0 Å². The fraction of sp³-hybridized carbons (Fsp3) is 0.474. The number of urea groups is 1. The first-order valence-electron chi connectivity index (χ1n) is 9.67. The Balaban J connectivity index is 1.50. The average Bonchev–Trinajstić information content (AvgIpc) is 3.29. The van der Waals surface area contributed by atoms with Crippen molar-refractivity contribution < 1.29 is 19.1 Å². The maximum atomic E-state index is 13.3. The number of carbonyl (C=O) groups is 3. The molecule has 1 N–H and O–H groups in total. The number of tetrazole rings is 1. The predicted molar refractivity (Wildman–Crippen MR) is 105 cm³/mol. The molecule has 0 aliphatic carbocycles. The number of rotatable bonds is 2. The molecule has 3 heterocycles. The van der Waals surface area contributed by atoms with E-state index in [1.807, 2.05) is 0 Å². The highest BCUT2D eigenvalue weighted by Gasteiger charge is 2.53. The Labute approximate surface area is 173 Å². The van der Waals surface area contributed by atoms with Crippen LogP contribution in [0.1, 0.15) is 33.6 Å². The maximum Gasteiger partial charge on any atom is 0.410 e. The summed E-state index contributed by atoms with van der Waals surface area (Å²) in [6.07, 6.45) is 1.65. The Morgan fingerprint density at radius 1 is 1.17 bits per heavy atom. The topological polar surface area (TPSA) is 123 Å². The van der Waals surface area contributed by atoms with E-state index in [0.29, 0.717) is 37.3 Å². The third-order valence-electron chi connectivity index (χ3n) is 5.13. The number of ether oxygens (including phenoxy) is 1. The average molecular weight is 413 g/mol. The fourth-order valence-corrected chi connectivity index (χ4v) is 3.65. The number of anilines is 1. The first-order chi connectivity index (χ1) is 14.2. The van der Waals surface area contributed by atoms with E-state index >= 15 is 0 Å². The molecule has 0 saturated carbocycles. The SMILES string of the molecule is CC(C)(C)OC(=O)N1CCC2(CC1)NC(=O)N(c1cccc(-n3cnnn3)c1)C2=O. The van der Waals surface area contributed by atoms with Crippen molar-refractivity contribution in [3.63, 3.8) is 0 Å². The summed E-state index contributed by atoms with van der Waals surface area (Å²) in [7, 11) is 0. The molecule has 11 nitrogen and oxygen atoms in total. The van der Waals surface area contributed by atoms with Crippen LogP contribution in [0.5, 0.6) is 0 Å². The molecule has 158 valence electrons. The molecular weight excluding hydrogens is 390 g/mol. The number of carbonyl (C=O) groups excluding carboxylic acids is 3. The van der Waals surface area contributed by atoms with Gasteiger partial charge in [-0.1, -0.05) is 6.07 Å². The third-order valence-corrected chi connectivity index (χ3v) is 5.13. The van der Waals surface area contributed by atoms with E-state index in [9.17, 15) is 14.4 Å². The summed E-state index contributed by atoms with van der Waals surface area (Å²) in [5.41, 5.74) is -0.568. The molecule has 4 amide bonds. The highest BCUT2D eigenvalue weighted by atomic mass is 16.6. The number of nitrogens with zero attached hydrogens (tertiary/aromatic N) is 6. The summed E-state index contributed by atoms with van der Waals surface area (Å²) in [6.45, 7) is 6.05. The van der Waals surface area contributed by atoms with Crippen molar-refractivity contribution in [3.05, 3.63) is 30.6 Å². The number of amides is 4. The minimum absolute atomic E-state index is 0.319. The molecule has 4 rings (SSSR count). The smallest absolute Gasteiger partial charge is 0.410 e. The number of nitrogens with one attached hydrogen (secondary N) is 1. The Morgan fingerprint density at radius 2 is 1.87 bits per heavy atom. The van der Waals surface area contributed by atoms with Crippen molar-refractivity contribution in [3.8, 4) is 5.69 Å². The van der Waals surface area contributed by atoms with Gasteiger partial charge in [0, 0.05) is 13.1 Å². The standard InChI is InChI=1S/C19H23N7O4/c1-18(2,3)30-17(29)24-9-7-19(8-10-24)15(27)26(16(28)21-19)14-6-4-5-13(11-14)25-12-20-22-23-25/h4-6,11-12H,7-10H2,1-3H3,(H,21,28). The van der Waals surface area contributed by atoms with Gasteiger partial charge in [0.1, 0.15) is 17.5 Å². The Hall–Kier alpha value is -3.50. The van der Waals surface area contributed by atoms with Crippen LogP contribution in [0, 0.1) is 0 Å². The number of likely N-dealkylation sites (tertiary alicyclic amines) is 1. The molecule has 0 unspecified atom stereocenters. The molecule has 1 aromatic carbocycles. The Kier molecular flexibility index (Phi) is 4.67. The van der Waals surface area contributed by atoms with Gasteiger partial charge in [0.2, 0.25) is 0 Å². The molecule has 0 atom stereocenters. The molecule has 2 aliphatic heterocycles. The lowest BCUT2D eigenvalue weighted by molar-refractivity contribution is -0.123. The number of hydrogen-bond acceptors (Lipinski definition) is 7. The molecule has 2 fully saturated rings. The number of aromatic nitrogens is 4. The molecule has 0 bridgehead atoms. The second-order valence-corrected chi connectivity index (χ2v) is 8.39. The van der Waals surface area contributed by atoms with Gasteiger partial charge in [0.25, 0.3) is 5.91 Å². The lowest BCUT2D eigenvalue weighted by Crippen LogP contribution is -2.56. The molecule has 2 saturated heterocycles. The van der Waals surface area contributed by atoms with Crippen molar-refractivity contribution >= 4 is 23.7 Å². The number of piperidine rings is 1. The van der Waals surface area contributed by atoms with E-state index in [4.69, 9.17) is 4.74 Å². The van der Waals surface area contributed by atoms with Gasteiger partial charge in [-0.25, -0.2) is 19.2 Å². The van der Waals surface area contributed by atoms with Crippen LogP contribution >= 0.6 is 0 Å². The van der Waals surface area contributed by atoms with Crippen LogP contribution in [0.3, 0.4) is 0 Å². The summed E-state index contributed by atoms with van der Waals surface area (Å²) >= 11 is 0.